The Hall–Kier alpha value is -0.580. The van der Waals surface area contributed by atoms with Crippen LogP contribution in [0.3, 0.4) is 0 Å². The number of nitrogens with one attached hydrogen (secondary N) is 1. The van der Waals surface area contributed by atoms with Gasteiger partial charge in [0.25, 0.3) is 0 Å². The van der Waals surface area contributed by atoms with Crippen molar-refractivity contribution in [2.24, 2.45) is 0 Å². The van der Waals surface area contributed by atoms with Crippen molar-refractivity contribution in [2.45, 2.75) is 6.54 Å². The first-order valence-corrected chi connectivity index (χ1v) is 5.48. The molecule has 1 aliphatic heterocycles. The molecule has 0 amide bonds. The average Bonchev–Trinajstić information content (AvgIpc) is 2.53. The van der Waals surface area contributed by atoms with E-state index >= 15 is 0 Å². The molecule has 1 aromatic rings. The third-order valence-electron chi connectivity index (χ3n) is 2.26. The molecule has 0 radical (unpaired) electrons. The van der Waals surface area contributed by atoms with Crippen molar-refractivity contribution >= 4 is 17.0 Å². The number of piperazine rings is 1. The van der Waals surface area contributed by atoms with Gasteiger partial charge in [0.15, 0.2) is 0 Å². The van der Waals surface area contributed by atoms with Crippen LogP contribution in [0.5, 0.6) is 0 Å². The van der Waals surface area contributed by atoms with Crippen LogP contribution < -0.4 is 11.1 Å². The minimum absolute atomic E-state index is 0.898. The van der Waals surface area contributed by atoms with Gasteiger partial charge in [0.1, 0.15) is 0 Å². The molecule has 3 N–H and O–H groups in total. The van der Waals surface area contributed by atoms with Gasteiger partial charge >= 0.3 is 0 Å². The van der Waals surface area contributed by atoms with Crippen LogP contribution in [-0.2, 0) is 6.54 Å². The summed E-state index contributed by atoms with van der Waals surface area (Å²) in [5, 5.41) is 5.35. The summed E-state index contributed by atoms with van der Waals surface area (Å²) in [4.78, 5) is 3.83. The van der Waals surface area contributed by atoms with Gasteiger partial charge in [-0.15, -0.1) is 11.3 Å². The average molecular weight is 197 g/mol. The monoisotopic (exact) mass is 197 g/mol. The predicted molar refractivity (Wildman–Crippen MR) is 56.9 cm³/mol. The SMILES string of the molecule is Nc1csc(CN2CCNCC2)c1. The second-order valence-electron chi connectivity index (χ2n) is 3.37. The largest absolute Gasteiger partial charge is 0.398 e. The Kier molecular flexibility index (Phi) is 2.83. The van der Waals surface area contributed by atoms with Gasteiger partial charge in [0.2, 0.25) is 0 Å². The Morgan fingerprint density at radius 2 is 2.23 bits per heavy atom. The van der Waals surface area contributed by atoms with Gasteiger partial charge in [-0.25, -0.2) is 0 Å². The quantitative estimate of drug-likeness (QED) is 0.734. The van der Waals surface area contributed by atoms with Crippen molar-refractivity contribution in [1.82, 2.24) is 10.2 Å². The van der Waals surface area contributed by atoms with Crippen LogP contribution in [0.15, 0.2) is 11.4 Å². The molecule has 0 atom stereocenters. The van der Waals surface area contributed by atoms with E-state index in [0.29, 0.717) is 0 Å². The third kappa shape index (κ3) is 2.43. The highest BCUT2D eigenvalue weighted by molar-refractivity contribution is 7.10. The van der Waals surface area contributed by atoms with Crippen LogP contribution in [0.25, 0.3) is 0 Å². The number of hydrogen-bond acceptors (Lipinski definition) is 4. The molecular weight excluding hydrogens is 182 g/mol. The first kappa shape index (κ1) is 8.99. The molecule has 13 heavy (non-hydrogen) atoms. The van der Waals surface area contributed by atoms with Gasteiger partial charge in [-0.05, 0) is 6.07 Å². The van der Waals surface area contributed by atoms with Crippen molar-refractivity contribution in [2.75, 3.05) is 31.9 Å². The molecule has 1 aliphatic rings. The van der Waals surface area contributed by atoms with Crippen LogP contribution in [0.1, 0.15) is 4.88 Å². The van der Waals surface area contributed by atoms with E-state index in [1.165, 1.54) is 4.88 Å². The summed E-state index contributed by atoms with van der Waals surface area (Å²) in [5.74, 6) is 0. The Balaban J connectivity index is 1.89. The summed E-state index contributed by atoms with van der Waals surface area (Å²) < 4.78 is 0. The van der Waals surface area contributed by atoms with E-state index in [2.05, 4.69) is 16.3 Å². The van der Waals surface area contributed by atoms with Crippen molar-refractivity contribution < 1.29 is 0 Å². The molecule has 4 heteroatoms. The lowest BCUT2D eigenvalue weighted by Crippen LogP contribution is -2.42. The van der Waals surface area contributed by atoms with E-state index in [1.807, 2.05) is 5.38 Å². The lowest BCUT2D eigenvalue weighted by Gasteiger charge is -2.26. The highest BCUT2D eigenvalue weighted by Crippen LogP contribution is 2.18. The number of anilines is 1. The minimum atomic E-state index is 0.898. The second kappa shape index (κ2) is 4.09. The lowest BCUT2D eigenvalue weighted by atomic mass is 10.3. The number of nitrogen functional groups attached to an aromatic ring is 1. The molecule has 0 spiro atoms. The normalized spacial score (nSPS) is 19.1. The topological polar surface area (TPSA) is 41.3 Å². The molecular formula is C9H15N3S. The van der Waals surface area contributed by atoms with Crippen molar-refractivity contribution in [1.29, 1.82) is 0 Å². The highest BCUT2D eigenvalue weighted by Gasteiger charge is 2.10. The van der Waals surface area contributed by atoms with Crippen LogP contribution in [-0.4, -0.2) is 31.1 Å². The first-order valence-electron chi connectivity index (χ1n) is 4.60. The molecule has 3 nitrogen and oxygen atoms in total. The molecule has 0 aromatic carbocycles. The third-order valence-corrected chi connectivity index (χ3v) is 3.20. The molecule has 0 saturated carbocycles. The zero-order valence-corrected chi connectivity index (χ0v) is 8.44. The Bertz CT molecular complexity index is 266. The van der Waals surface area contributed by atoms with E-state index in [9.17, 15) is 0 Å². The number of hydrogen-bond donors (Lipinski definition) is 2. The molecule has 1 aromatic heterocycles. The highest BCUT2D eigenvalue weighted by atomic mass is 32.1. The molecule has 0 aliphatic carbocycles. The smallest absolute Gasteiger partial charge is 0.0426 e. The Morgan fingerprint density at radius 3 is 2.85 bits per heavy atom. The molecule has 1 saturated heterocycles. The van der Waals surface area contributed by atoms with Gasteiger partial charge in [-0.2, -0.15) is 0 Å². The lowest BCUT2D eigenvalue weighted by molar-refractivity contribution is 0.235. The second-order valence-corrected chi connectivity index (χ2v) is 4.37. The maximum atomic E-state index is 5.66. The van der Waals surface area contributed by atoms with Crippen LogP contribution in [0, 0.1) is 0 Å². The van der Waals surface area contributed by atoms with Crippen LogP contribution in [0.4, 0.5) is 5.69 Å². The van der Waals surface area contributed by atoms with Crippen LogP contribution in [0.2, 0.25) is 0 Å². The minimum Gasteiger partial charge on any atom is -0.398 e. The van der Waals surface area contributed by atoms with Crippen molar-refractivity contribution in [3.63, 3.8) is 0 Å². The maximum absolute atomic E-state index is 5.66. The van der Waals surface area contributed by atoms with Gasteiger partial charge < -0.3 is 11.1 Å². The summed E-state index contributed by atoms with van der Waals surface area (Å²) in [6.45, 7) is 5.58. The first-order chi connectivity index (χ1) is 6.34. The fourth-order valence-electron chi connectivity index (χ4n) is 1.57. The Labute approximate surface area is 82.5 Å². The molecule has 72 valence electrons. The summed E-state index contributed by atoms with van der Waals surface area (Å²) in [6, 6.07) is 2.08. The van der Waals surface area contributed by atoms with E-state index < -0.39 is 0 Å². The van der Waals surface area contributed by atoms with E-state index in [0.717, 1.165) is 38.4 Å². The van der Waals surface area contributed by atoms with E-state index in [1.54, 1.807) is 11.3 Å². The van der Waals surface area contributed by atoms with Crippen molar-refractivity contribution in [3.05, 3.63) is 16.3 Å². The summed E-state index contributed by atoms with van der Waals surface area (Å²) in [5.41, 5.74) is 6.56. The van der Waals surface area contributed by atoms with Gasteiger partial charge in [0, 0.05) is 48.7 Å². The van der Waals surface area contributed by atoms with Gasteiger partial charge in [0.05, 0.1) is 0 Å². The number of nitrogens with two attached hydrogens (primary N) is 1. The molecule has 0 bridgehead atoms. The summed E-state index contributed by atoms with van der Waals surface area (Å²) in [6.07, 6.45) is 0. The molecule has 0 unspecified atom stereocenters. The predicted octanol–water partition coefficient (Wildman–Crippen LogP) is 0.735. The number of rotatable bonds is 2. The molecule has 2 heterocycles. The molecule has 1 fully saturated rings. The maximum Gasteiger partial charge on any atom is 0.0426 e. The number of thiophene rings is 1. The fourth-order valence-corrected chi connectivity index (χ4v) is 2.39. The standard InChI is InChI=1S/C9H15N3S/c10-8-5-9(13-7-8)6-12-3-1-11-2-4-12/h5,7,11H,1-4,6,10H2. The van der Waals surface area contributed by atoms with E-state index in [-0.39, 0.29) is 0 Å². The van der Waals surface area contributed by atoms with Gasteiger partial charge in [-0.1, -0.05) is 0 Å². The van der Waals surface area contributed by atoms with Crippen molar-refractivity contribution in [3.8, 4) is 0 Å². The zero-order chi connectivity index (χ0) is 9.10. The molecule has 2 rings (SSSR count). The summed E-state index contributed by atoms with van der Waals surface area (Å²) in [7, 11) is 0. The number of nitrogens with zero attached hydrogens (tertiary/aromatic N) is 1. The zero-order valence-electron chi connectivity index (χ0n) is 7.62. The van der Waals surface area contributed by atoms with E-state index in [4.69, 9.17) is 5.73 Å². The van der Waals surface area contributed by atoms with Crippen LogP contribution >= 0.6 is 11.3 Å². The summed E-state index contributed by atoms with van der Waals surface area (Å²) >= 11 is 1.76. The van der Waals surface area contributed by atoms with Gasteiger partial charge in [-0.3, -0.25) is 4.90 Å². The fraction of sp³-hybridized carbons (Fsp3) is 0.556. The Morgan fingerprint density at radius 1 is 1.46 bits per heavy atom.